The van der Waals surface area contributed by atoms with Crippen molar-refractivity contribution in [3.05, 3.63) is 11.4 Å². The number of hydrogen-bond donors (Lipinski definition) is 1. The summed E-state index contributed by atoms with van der Waals surface area (Å²) < 4.78 is 11.2. The Hall–Kier alpha value is -1.40. The molecule has 0 amide bonds. The first-order valence-corrected chi connectivity index (χ1v) is 6.98. The Morgan fingerprint density at radius 2 is 2.50 bits per heavy atom. The molecule has 1 aliphatic heterocycles. The maximum atomic E-state index is 5.92. The van der Waals surface area contributed by atoms with Crippen LogP contribution >= 0.6 is 11.3 Å². The van der Waals surface area contributed by atoms with Crippen LogP contribution < -0.4 is 10.1 Å². The second kappa shape index (κ2) is 5.07. The van der Waals surface area contributed by atoms with Crippen LogP contribution in [-0.4, -0.2) is 35.8 Å². The van der Waals surface area contributed by atoms with Crippen LogP contribution in [-0.2, 0) is 4.74 Å². The fourth-order valence-electron chi connectivity index (χ4n) is 1.92. The van der Waals surface area contributed by atoms with Gasteiger partial charge in [0.25, 0.3) is 0 Å². The summed E-state index contributed by atoms with van der Waals surface area (Å²) in [5.74, 6) is 1.29. The smallest absolute Gasteiger partial charge is 0.227 e. The van der Waals surface area contributed by atoms with E-state index in [0.717, 1.165) is 29.8 Å². The van der Waals surface area contributed by atoms with Crippen molar-refractivity contribution in [1.29, 1.82) is 0 Å². The Bertz CT molecular complexity index is 537. The number of ether oxygens (including phenoxy) is 2. The van der Waals surface area contributed by atoms with Crippen LogP contribution in [0.3, 0.4) is 0 Å². The number of anilines is 1. The zero-order valence-electron chi connectivity index (χ0n) is 10.2. The van der Waals surface area contributed by atoms with E-state index in [1.807, 2.05) is 18.4 Å². The van der Waals surface area contributed by atoms with Crippen molar-refractivity contribution in [2.45, 2.75) is 19.4 Å². The first kappa shape index (κ1) is 11.7. The van der Waals surface area contributed by atoms with E-state index in [2.05, 4.69) is 15.3 Å². The number of nitrogens with one attached hydrogen (secondary N) is 1. The summed E-state index contributed by atoms with van der Waals surface area (Å²) in [6.45, 7) is 4.23. The van der Waals surface area contributed by atoms with Crippen LogP contribution in [0.25, 0.3) is 10.2 Å². The standard InChI is InChI=1S/C12H15N3O2S/c1-2-13-12-14-10(17-8-3-5-16-7-8)9-4-6-18-11(9)15-12/h4,6,8H,2-3,5,7H2,1H3,(H,13,14,15). The summed E-state index contributed by atoms with van der Waals surface area (Å²) in [5, 5.41) is 6.12. The monoisotopic (exact) mass is 265 g/mol. The molecule has 1 N–H and O–H groups in total. The Morgan fingerprint density at radius 1 is 1.56 bits per heavy atom. The second-order valence-corrected chi connectivity index (χ2v) is 5.02. The number of fused-ring (bicyclic) bond motifs is 1. The highest BCUT2D eigenvalue weighted by molar-refractivity contribution is 7.16. The Balaban J connectivity index is 1.93. The number of rotatable bonds is 4. The average Bonchev–Trinajstić information content (AvgIpc) is 2.99. The molecule has 3 rings (SSSR count). The number of thiophene rings is 1. The molecular formula is C12H15N3O2S. The number of nitrogens with zero attached hydrogens (tertiary/aromatic N) is 2. The van der Waals surface area contributed by atoms with Crippen molar-refractivity contribution in [1.82, 2.24) is 9.97 Å². The van der Waals surface area contributed by atoms with E-state index < -0.39 is 0 Å². The predicted octanol–water partition coefficient (Wildman–Crippen LogP) is 2.29. The summed E-state index contributed by atoms with van der Waals surface area (Å²) in [7, 11) is 0. The second-order valence-electron chi connectivity index (χ2n) is 4.13. The van der Waals surface area contributed by atoms with E-state index in [1.54, 1.807) is 11.3 Å². The van der Waals surface area contributed by atoms with Crippen molar-refractivity contribution in [3.63, 3.8) is 0 Å². The highest BCUT2D eigenvalue weighted by atomic mass is 32.1. The van der Waals surface area contributed by atoms with Gasteiger partial charge in [-0.25, -0.2) is 4.98 Å². The third kappa shape index (κ3) is 2.26. The van der Waals surface area contributed by atoms with Gasteiger partial charge >= 0.3 is 0 Å². The SMILES string of the molecule is CCNc1nc(OC2CCOC2)c2ccsc2n1. The van der Waals surface area contributed by atoms with Crippen molar-refractivity contribution in [2.24, 2.45) is 0 Å². The van der Waals surface area contributed by atoms with Crippen LogP contribution in [0.5, 0.6) is 5.88 Å². The minimum atomic E-state index is 0.109. The van der Waals surface area contributed by atoms with Gasteiger partial charge in [0.2, 0.25) is 11.8 Å². The van der Waals surface area contributed by atoms with Gasteiger partial charge in [-0.3, -0.25) is 0 Å². The molecule has 0 saturated carbocycles. The van der Waals surface area contributed by atoms with E-state index in [1.165, 1.54) is 0 Å². The Kier molecular flexibility index (Phi) is 3.29. The lowest BCUT2D eigenvalue weighted by molar-refractivity contribution is 0.139. The zero-order valence-corrected chi connectivity index (χ0v) is 11.0. The molecule has 0 spiro atoms. The van der Waals surface area contributed by atoms with Gasteiger partial charge in [-0.15, -0.1) is 11.3 Å². The minimum Gasteiger partial charge on any atom is -0.471 e. The molecule has 0 aliphatic carbocycles. The predicted molar refractivity (Wildman–Crippen MR) is 71.4 cm³/mol. The molecule has 1 unspecified atom stereocenters. The van der Waals surface area contributed by atoms with Gasteiger partial charge in [0.05, 0.1) is 18.6 Å². The van der Waals surface area contributed by atoms with Crippen LogP contribution in [0, 0.1) is 0 Å². The van der Waals surface area contributed by atoms with Gasteiger partial charge in [0.1, 0.15) is 10.9 Å². The van der Waals surface area contributed by atoms with E-state index in [-0.39, 0.29) is 6.10 Å². The summed E-state index contributed by atoms with van der Waals surface area (Å²) in [6.07, 6.45) is 1.03. The van der Waals surface area contributed by atoms with Crippen molar-refractivity contribution >= 4 is 27.5 Å². The van der Waals surface area contributed by atoms with Crippen LogP contribution in [0.2, 0.25) is 0 Å². The van der Waals surface area contributed by atoms with Crippen molar-refractivity contribution in [2.75, 3.05) is 25.1 Å². The third-order valence-corrected chi connectivity index (χ3v) is 3.60. The summed E-state index contributed by atoms with van der Waals surface area (Å²) in [6, 6.07) is 2.00. The lowest BCUT2D eigenvalue weighted by Gasteiger charge is -2.12. The molecule has 1 saturated heterocycles. The molecular weight excluding hydrogens is 250 g/mol. The molecule has 2 aromatic rings. The average molecular weight is 265 g/mol. The summed E-state index contributed by atoms with van der Waals surface area (Å²) in [5.41, 5.74) is 0. The molecule has 18 heavy (non-hydrogen) atoms. The highest BCUT2D eigenvalue weighted by Gasteiger charge is 2.20. The maximum Gasteiger partial charge on any atom is 0.227 e. The van der Waals surface area contributed by atoms with E-state index in [4.69, 9.17) is 9.47 Å². The van der Waals surface area contributed by atoms with Gasteiger partial charge < -0.3 is 14.8 Å². The molecule has 0 radical (unpaired) electrons. The highest BCUT2D eigenvalue weighted by Crippen LogP contribution is 2.29. The van der Waals surface area contributed by atoms with Crippen LogP contribution in [0.1, 0.15) is 13.3 Å². The summed E-state index contributed by atoms with van der Waals surface area (Å²) in [4.78, 5) is 9.83. The van der Waals surface area contributed by atoms with Gasteiger partial charge in [-0.05, 0) is 18.4 Å². The normalized spacial score (nSPS) is 19.3. The molecule has 3 heterocycles. The molecule has 0 aromatic carbocycles. The van der Waals surface area contributed by atoms with Gasteiger partial charge in [0.15, 0.2) is 0 Å². The van der Waals surface area contributed by atoms with Gasteiger partial charge in [-0.1, -0.05) is 0 Å². The largest absolute Gasteiger partial charge is 0.471 e. The molecule has 6 heteroatoms. The zero-order chi connectivity index (χ0) is 12.4. The van der Waals surface area contributed by atoms with Crippen molar-refractivity contribution in [3.8, 4) is 5.88 Å². The molecule has 96 valence electrons. The van der Waals surface area contributed by atoms with Gasteiger partial charge in [-0.2, -0.15) is 4.98 Å². The Morgan fingerprint density at radius 3 is 3.28 bits per heavy atom. The first-order chi connectivity index (χ1) is 8.86. The number of hydrogen-bond acceptors (Lipinski definition) is 6. The Labute approximate surface area is 109 Å². The molecule has 0 bridgehead atoms. The topological polar surface area (TPSA) is 56.3 Å². The fraction of sp³-hybridized carbons (Fsp3) is 0.500. The van der Waals surface area contributed by atoms with E-state index in [0.29, 0.717) is 18.4 Å². The van der Waals surface area contributed by atoms with Crippen LogP contribution in [0.4, 0.5) is 5.95 Å². The maximum absolute atomic E-state index is 5.92. The van der Waals surface area contributed by atoms with E-state index >= 15 is 0 Å². The summed E-state index contributed by atoms with van der Waals surface area (Å²) >= 11 is 1.60. The van der Waals surface area contributed by atoms with Crippen LogP contribution in [0.15, 0.2) is 11.4 Å². The third-order valence-electron chi connectivity index (χ3n) is 2.79. The van der Waals surface area contributed by atoms with E-state index in [9.17, 15) is 0 Å². The van der Waals surface area contributed by atoms with Crippen molar-refractivity contribution < 1.29 is 9.47 Å². The number of aromatic nitrogens is 2. The minimum absolute atomic E-state index is 0.109. The molecule has 5 nitrogen and oxygen atoms in total. The lowest BCUT2D eigenvalue weighted by Crippen LogP contribution is -2.17. The molecule has 2 aromatic heterocycles. The molecule has 1 fully saturated rings. The molecule has 1 aliphatic rings. The van der Waals surface area contributed by atoms with Gasteiger partial charge in [0, 0.05) is 13.0 Å². The lowest BCUT2D eigenvalue weighted by atomic mass is 10.3. The molecule has 1 atom stereocenters. The first-order valence-electron chi connectivity index (χ1n) is 6.10. The fourth-order valence-corrected chi connectivity index (χ4v) is 2.67. The quantitative estimate of drug-likeness (QED) is 0.919.